The molecule has 3 aromatic carbocycles. The van der Waals surface area contributed by atoms with Crippen molar-refractivity contribution in [1.82, 2.24) is 5.32 Å². The first-order valence-electron chi connectivity index (χ1n) is 10.1. The van der Waals surface area contributed by atoms with Crippen molar-refractivity contribution >= 4 is 28.3 Å². The third-order valence-electron chi connectivity index (χ3n) is 5.03. The maximum atomic E-state index is 12.7. The first-order valence-corrected chi connectivity index (χ1v) is 10.1. The molecule has 3 rings (SSSR count). The quantitative estimate of drug-likeness (QED) is 0.478. The predicted octanol–water partition coefficient (Wildman–Crippen LogP) is 4.69. The van der Waals surface area contributed by atoms with E-state index in [1.165, 1.54) is 6.92 Å². The van der Waals surface area contributed by atoms with Crippen LogP contribution in [0.15, 0.2) is 60.7 Å². The van der Waals surface area contributed by atoms with Gasteiger partial charge in [-0.3, -0.25) is 9.59 Å². The molecular formula is C25H28N2O3. The Bertz CT molecular complexity index is 1060. The number of benzene rings is 3. The third kappa shape index (κ3) is 4.62. The number of rotatable bonds is 6. The van der Waals surface area contributed by atoms with E-state index in [2.05, 4.69) is 5.32 Å². The second-order valence-electron chi connectivity index (χ2n) is 7.87. The summed E-state index contributed by atoms with van der Waals surface area (Å²) < 4.78 is 5.56. The Balaban J connectivity index is 2.23. The van der Waals surface area contributed by atoms with Gasteiger partial charge in [0.05, 0.1) is 6.04 Å². The zero-order chi connectivity index (χ0) is 21.8. The van der Waals surface area contributed by atoms with Crippen LogP contribution in [-0.4, -0.2) is 26.0 Å². The molecule has 5 heteroatoms. The summed E-state index contributed by atoms with van der Waals surface area (Å²) in [5.41, 5.74) is 2.75. The second-order valence-corrected chi connectivity index (χ2v) is 7.87. The Kier molecular flexibility index (Phi) is 6.40. The molecule has 1 amide bonds. The predicted molar refractivity (Wildman–Crippen MR) is 121 cm³/mol. The van der Waals surface area contributed by atoms with Gasteiger partial charge in [-0.15, -0.1) is 0 Å². The number of amides is 1. The van der Waals surface area contributed by atoms with E-state index in [4.69, 9.17) is 4.74 Å². The van der Waals surface area contributed by atoms with Crippen LogP contribution in [-0.2, 0) is 9.59 Å². The Hall–Kier alpha value is -3.34. The van der Waals surface area contributed by atoms with Gasteiger partial charge in [-0.05, 0) is 34.5 Å². The Morgan fingerprint density at radius 1 is 0.933 bits per heavy atom. The lowest BCUT2D eigenvalue weighted by atomic mass is 9.92. The highest BCUT2D eigenvalue weighted by atomic mass is 16.5. The molecule has 156 valence electrons. The molecule has 3 aromatic rings. The number of fused-ring (bicyclic) bond motifs is 1. The normalized spacial score (nSPS) is 11.9. The zero-order valence-electron chi connectivity index (χ0n) is 18.1. The fraction of sp³-hybridized carbons (Fsp3) is 0.280. The molecule has 1 atom stereocenters. The van der Waals surface area contributed by atoms with Gasteiger partial charge >= 0.3 is 5.97 Å². The van der Waals surface area contributed by atoms with E-state index in [1.807, 2.05) is 87.4 Å². The monoisotopic (exact) mass is 404 g/mol. The Labute approximate surface area is 177 Å². The van der Waals surface area contributed by atoms with E-state index in [0.717, 1.165) is 27.6 Å². The summed E-state index contributed by atoms with van der Waals surface area (Å²) in [6, 6.07) is 19.2. The molecule has 0 aliphatic rings. The van der Waals surface area contributed by atoms with Crippen LogP contribution in [0.1, 0.15) is 37.9 Å². The highest BCUT2D eigenvalue weighted by molar-refractivity contribution is 5.90. The molecule has 5 nitrogen and oxygen atoms in total. The third-order valence-corrected chi connectivity index (χ3v) is 5.03. The zero-order valence-corrected chi connectivity index (χ0v) is 18.1. The van der Waals surface area contributed by atoms with E-state index in [9.17, 15) is 9.59 Å². The van der Waals surface area contributed by atoms with Gasteiger partial charge in [-0.2, -0.15) is 0 Å². The number of nitrogens with zero attached hydrogens (tertiary/aromatic N) is 1. The molecule has 30 heavy (non-hydrogen) atoms. The summed E-state index contributed by atoms with van der Waals surface area (Å²) in [6.45, 7) is 5.10. The van der Waals surface area contributed by atoms with E-state index in [-0.39, 0.29) is 11.8 Å². The van der Waals surface area contributed by atoms with Gasteiger partial charge in [-0.1, -0.05) is 56.3 Å². The Morgan fingerprint density at radius 2 is 1.60 bits per heavy atom. The van der Waals surface area contributed by atoms with Crippen molar-refractivity contribution < 1.29 is 14.3 Å². The van der Waals surface area contributed by atoms with Crippen molar-refractivity contribution in [3.63, 3.8) is 0 Å². The number of hydrogen-bond donors (Lipinski definition) is 1. The Morgan fingerprint density at radius 3 is 2.20 bits per heavy atom. The van der Waals surface area contributed by atoms with Crippen LogP contribution >= 0.6 is 0 Å². The number of nitrogens with one attached hydrogen (secondary N) is 1. The standard InChI is InChI=1S/C25H28N2O3/c1-16(2)25(29)26-24(19-10-13-20(14-11-19)27(4)5)23-21-9-7-6-8-18(21)12-15-22(23)30-17(3)28/h6-16,24H,1-5H3,(H,26,29)/t24-/m1/s1. The van der Waals surface area contributed by atoms with E-state index < -0.39 is 12.0 Å². The average molecular weight is 405 g/mol. The summed E-state index contributed by atoms with van der Waals surface area (Å²) in [5, 5.41) is 5.10. The van der Waals surface area contributed by atoms with Crippen molar-refractivity contribution in [2.75, 3.05) is 19.0 Å². The lowest BCUT2D eigenvalue weighted by Crippen LogP contribution is -2.33. The molecule has 0 radical (unpaired) electrons. The summed E-state index contributed by atoms with van der Waals surface area (Å²) in [6.07, 6.45) is 0. The van der Waals surface area contributed by atoms with Crippen LogP contribution in [0.3, 0.4) is 0 Å². The van der Waals surface area contributed by atoms with Gasteiger partial charge in [0.2, 0.25) is 5.91 Å². The van der Waals surface area contributed by atoms with Crippen molar-refractivity contribution in [1.29, 1.82) is 0 Å². The summed E-state index contributed by atoms with van der Waals surface area (Å²) in [5.74, 6) is -0.200. The molecule has 0 unspecified atom stereocenters. The first-order chi connectivity index (χ1) is 14.3. The smallest absolute Gasteiger partial charge is 0.308 e. The van der Waals surface area contributed by atoms with E-state index in [0.29, 0.717) is 5.75 Å². The van der Waals surface area contributed by atoms with Crippen molar-refractivity contribution in [3.8, 4) is 5.75 Å². The van der Waals surface area contributed by atoms with Gasteiger partial charge in [0.1, 0.15) is 5.75 Å². The summed E-state index contributed by atoms with van der Waals surface area (Å²) in [7, 11) is 3.97. The maximum absolute atomic E-state index is 12.7. The number of esters is 1. The molecule has 0 bridgehead atoms. The first kappa shape index (κ1) is 21.4. The van der Waals surface area contributed by atoms with Crippen LogP contribution in [0.25, 0.3) is 10.8 Å². The van der Waals surface area contributed by atoms with Crippen LogP contribution in [0.2, 0.25) is 0 Å². The molecule has 0 aliphatic heterocycles. The highest BCUT2D eigenvalue weighted by Gasteiger charge is 2.25. The minimum atomic E-state index is -0.462. The van der Waals surface area contributed by atoms with Crippen LogP contribution in [0.4, 0.5) is 5.69 Å². The number of carbonyl (C=O) groups excluding carboxylic acids is 2. The summed E-state index contributed by atoms with van der Waals surface area (Å²) >= 11 is 0. The largest absolute Gasteiger partial charge is 0.426 e. The van der Waals surface area contributed by atoms with Crippen LogP contribution in [0.5, 0.6) is 5.75 Å². The molecule has 0 saturated heterocycles. The topological polar surface area (TPSA) is 58.6 Å². The van der Waals surface area contributed by atoms with E-state index in [1.54, 1.807) is 6.07 Å². The average Bonchev–Trinajstić information content (AvgIpc) is 2.71. The molecular weight excluding hydrogens is 376 g/mol. The number of hydrogen-bond acceptors (Lipinski definition) is 4. The number of carbonyl (C=O) groups is 2. The molecule has 0 saturated carbocycles. The summed E-state index contributed by atoms with van der Waals surface area (Å²) in [4.78, 5) is 26.5. The molecule has 0 aromatic heterocycles. The minimum absolute atomic E-state index is 0.0709. The second kappa shape index (κ2) is 8.99. The fourth-order valence-corrected chi connectivity index (χ4v) is 3.41. The van der Waals surface area contributed by atoms with Crippen LogP contribution in [0, 0.1) is 5.92 Å². The lowest BCUT2D eigenvalue weighted by molar-refractivity contribution is -0.131. The lowest BCUT2D eigenvalue weighted by Gasteiger charge is -2.25. The SMILES string of the molecule is CC(=O)Oc1ccc2ccccc2c1[C@H](NC(=O)C(C)C)c1ccc(N(C)C)cc1. The van der Waals surface area contributed by atoms with Crippen LogP contribution < -0.4 is 15.0 Å². The minimum Gasteiger partial charge on any atom is -0.426 e. The van der Waals surface area contributed by atoms with Crippen molar-refractivity contribution in [3.05, 3.63) is 71.8 Å². The van der Waals surface area contributed by atoms with Gasteiger partial charge < -0.3 is 15.0 Å². The maximum Gasteiger partial charge on any atom is 0.308 e. The fourth-order valence-electron chi connectivity index (χ4n) is 3.41. The van der Waals surface area contributed by atoms with Crippen molar-refractivity contribution in [2.24, 2.45) is 5.92 Å². The highest BCUT2D eigenvalue weighted by Crippen LogP contribution is 2.37. The van der Waals surface area contributed by atoms with Crippen molar-refractivity contribution in [2.45, 2.75) is 26.8 Å². The number of anilines is 1. The molecule has 0 fully saturated rings. The van der Waals surface area contributed by atoms with Gasteiger partial charge in [-0.25, -0.2) is 0 Å². The van der Waals surface area contributed by atoms with Gasteiger partial charge in [0, 0.05) is 38.2 Å². The van der Waals surface area contributed by atoms with Gasteiger partial charge in [0.25, 0.3) is 0 Å². The van der Waals surface area contributed by atoms with E-state index >= 15 is 0 Å². The number of ether oxygens (including phenoxy) is 1. The molecule has 0 heterocycles. The molecule has 1 N–H and O–H groups in total. The van der Waals surface area contributed by atoms with Gasteiger partial charge in [0.15, 0.2) is 0 Å². The molecule has 0 spiro atoms. The molecule has 0 aliphatic carbocycles.